The van der Waals surface area contributed by atoms with Crippen molar-refractivity contribution in [3.8, 4) is 0 Å². The van der Waals surface area contributed by atoms with Crippen LogP contribution in [0.25, 0.3) is 0 Å². The molecule has 0 heterocycles. The van der Waals surface area contributed by atoms with Gasteiger partial charge in [-0.2, -0.15) is 0 Å². The molecule has 0 rings (SSSR count). The van der Waals surface area contributed by atoms with E-state index >= 15 is 0 Å². The third-order valence-corrected chi connectivity index (χ3v) is 0. The Bertz CT molecular complexity index is 11.7. The van der Waals surface area contributed by atoms with Crippen molar-refractivity contribution < 1.29 is 39.0 Å². The van der Waals surface area contributed by atoms with Crippen LogP contribution in [0.4, 0.5) is 0 Å². The van der Waals surface area contributed by atoms with Crippen molar-refractivity contribution in [3.05, 3.63) is 0 Å². The summed E-state index contributed by atoms with van der Waals surface area (Å²) in [6.07, 6.45) is 0. The van der Waals surface area contributed by atoms with Crippen LogP contribution in [0.15, 0.2) is 0 Å². The van der Waals surface area contributed by atoms with E-state index in [1.165, 1.54) is 0 Å². The maximum atomic E-state index is 0. The Morgan fingerprint density at radius 1 is 0.571 bits per heavy atom. The van der Waals surface area contributed by atoms with Gasteiger partial charge in [-0.05, 0) is 0 Å². The molecule has 7 heteroatoms. The van der Waals surface area contributed by atoms with Gasteiger partial charge in [-0.25, -0.2) is 0 Å². The first kappa shape index (κ1) is 108. The molecule has 0 bridgehead atoms. The molecule has 0 unspecified atom stereocenters. The van der Waals surface area contributed by atoms with Crippen molar-refractivity contribution in [2.24, 2.45) is 0 Å². The average molecular weight is 198 g/mol. The second-order valence-corrected chi connectivity index (χ2v) is 0. The molecule has 0 saturated heterocycles. The third kappa shape index (κ3) is 56.9. The number of rotatable bonds is 0. The van der Waals surface area contributed by atoms with E-state index in [0.29, 0.717) is 0 Å². The zero-order chi connectivity index (χ0) is 0. The van der Waals surface area contributed by atoms with Gasteiger partial charge in [0.1, 0.15) is 0 Å². The summed E-state index contributed by atoms with van der Waals surface area (Å²) < 4.78 is 0. The fourth-order valence-corrected chi connectivity index (χ4v) is 0. The van der Waals surface area contributed by atoms with E-state index in [1.54, 1.807) is 0 Å². The zero-order valence-electron chi connectivity index (χ0n) is 2.35. The van der Waals surface area contributed by atoms with Crippen LogP contribution >= 0.6 is 0 Å². The summed E-state index contributed by atoms with van der Waals surface area (Å²) in [5.74, 6) is 0. The standard InChI is InChI=1S/Al.Fe.K.4H2O.4H/h;;;4*1H2;;;;. The molecule has 0 fully saturated rings. The molecule has 0 radical (unpaired) electrons. The Balaban J connectivity index is 0. The van der Waals surface area contributed by atoms with E-state index in [9.17, 15) is 0 Å². The summed E-state index contributed by atoms with van der Waals surface area (Å²) in [5, 5.41) is 0. The normalized spacial score (nSPS) is 0. The van der Waals surface area contributed by atoms with Gasteiger partial charge in [0.05, 0.1) is 0 Å². The molecular formula is H12AlFeKO4. The van der Waals surface area contributed by atoms with Gasteiger partial charge in [-0.3, -0.25) is 0 Å². The van der Waals surface area contributed by atoms with E-state index in [0.717, 1.165) is 0 Å². The first-order chi connectivity index (χ1) is 0. The predicted octanol–water partition coefficient (Wildman–Crippen LogP) is -5.13. The molecule has 0 aliphatic carbocycles. The van der Waals surface area contributed by atoms with Gasteiger partial charge in [-0.1, -0.05) is 0 Å². The minimum absolute atomic E-state index is 0. The van der Waals surface area contributed by atoms with Gasteiger partial charge in [0, 0.05) is 17.1 Å². The van der Waals surface area contributed by atoms with Crippen LogP contribution in [0, 0.1) is 0 Å². The van der Waals surface area contributed by atoms with Crippen molar-refractivity contribution in [2.75, 3.05) is 0 Å². The minimum atomic E-state index is 0. The topological polar surface area (TPSA) is 126 Å². The molecule has 48 valence electrons. The molecule has 7 heavy (non-hydrogen) atoms. The number of hydrogen-bond acceptors (Lipinski definition) is 0. The average Bonchev–Trinajstić information content (AvgIpc) is 0. The molecule has 0 spiro atoms. The zero-order valence-corrected chi connectivity index (χ0v) is 3.46. The SMILES string of the molecule is O.O.O.O.[AlH3].[Fe].[KH]. The van der Waals surface area contributed by atoms with Crippen molar-refractivity contribution in [1.82, 2.24) is 0 Å². The molecule has 0 saturated carbocycles. The number of hydrogen-bond donors (Lipinski definition) is 0. The quantitative estimate of drug-likeness (QED) is 0.345. The Hall–Kier alpha value is 2.53. The van der Waals surface area contributed by atoms with Crippen LogP contribution in [-0.4, -0.2) is 90.7 Å². The molecular weight excluding hydrogens is 186 g/mol. The maximum absolute atomic E-state index is 0. The van der Waals surface area contributed by atoms with Crippen molar-refractivity contribution in [1.29, 1.82) is 0 Å². The molecule has 0 aromatic carbocycles. The van der Waals surface area contributed by atoms with Gasteiger partial charge in [0.25, 0.3) is 0 Å². The third-order valence-electron chi connectivity index (χ3n) is 0. The fourth-order valence-electron chi connectivity index (χ4n) is 0. The molecule has 0 amide bonds. The molecule has 0 aromatic rings. The van der Waals surface area contributed by atoms with Crippen LogP contribution < -0.4 is 0 Å². The summed E-state index contributed by atoms with van der Waals surface area (Å²) in [4.78, 5) is 0. The Kier molecular flexibility index (Phi) is 1170. The van der Waals surface area contributed by atoms with Crippen LogP contribution in [0.2, 0.25) is 0 Å². The van der Waals surface area contributed by atoms with Gasteiger partial charge in [0.15, 0.2) is 17.4 Å². The first-order valence-corrected chi connectivity index (χ1v) is 0. The van der Waals surface area contributed by atoms with Crippen LogP contribution in [0.3, 0.4) is 0 Å². The van der Waals surface area contributed by atoms with Crippen LogP contribution in [0.5, 0.6) is 0 Å². The summed E-state index contributed by atoms with van der Waals surface area (Å²) in [6, 6.07) is 0. The Labute approximate surface area is 106 Å². The molecule has 0 aliphatic heterocycles. The summed E-state index contributed by atoms with van der Waals surface area (Å²) in [7, 11) is 0. The van der Waals surface area contributed by atoms with Crippen LogP contribution in [-0.2, 0) is 17.1 Å². The fraction of sp³-hybridized carbons (Fsp3) is 0. The van der Waals surface area contributed by atoms with Crippen molar-refractivity contribution in [3.63, 3.8) is 0 Å². The van der Waals surface area contributed by atoms with E-state index in [4.69, 9.17) is 0 Å². The molecule has 4 nitrogen and oxygen atoms in total. The second kappa shape index (κ2) is 75.6. The monoisotopic (exact) mass is 198 g/mol. The van der Waals surface area contributed by atoms with Crippen molar-refractivity contribution >= 4 is 68.7 Å². The van der Waals surface area contributed by atoms with E-state index in [1.807, 2.05) is 0 Å². The van der Waals surface area contributed by atoms with E-state index in [2.05, 4.69) is 0 Å². The van der Waals surface area contributed by atoms with E-state index in [-0.39, 0.29) is 108 Å². The van der Waals surface area contributed by atoms with Gasteiger partial charge >= 0.3 is 51.4 Å². The van der Waals surface area contributed by atoms with Gasteiger partial charge < -0.3 is 21.9 Å². The van der Waals surface area contributed by atoms with E-state index < -0.39 is 0 Å². The Morgan fingerprint density at radius 3 is 0.571 bits per heavy atom. The van der Waals surface area contributed by atoms with Gasteiger partial charge in [-0.15, -0.1) is 0 Å². The van der Waals surface area contributed by atoms with Crippen LogP contribution in [0.1, 0.15) is 0 Å². The molecule has 0 aromatic heterocycles. The summed E-state index contributed by atoms with van der Waals surface area (Å²) in [5.41, 5.74) is 0. The first-order valence-electron chi connectivity index (χ1n) is 0. The molecule has 8 N–H and O–H groups in total. The van der Waals surface area contributed by atoms with Crippen molar-refractivity contribution in [2.45, 2.75) is 0 Å². The molecule has 0 aliphatic rings. The second-order valence-electron chi connectivity index (χ2n) is 0. The molecule has 0 atom stereocenters. The predicted molar refractivity (Wildman–Crippen MR) is 31.5 cm³/mol. The Morgan fingerprint density at radius 2 is 0.571 bits per heavy atom. The summed E-state index contributed by atoms with van der Waals surface area (Å²) >= 11 is 0. The summed E-state index contributed by atoms with van der Waals surface area (Å²) in [6.45, 7) is 0. The van der Waals surface area contributed by atoms with Gasteiger partial charge in [0.2, 0.25) is 0 Å².